The van der Waals surface area contributed by atoms with Gasteiger partial charge in [-0.25, -0.2) is 0 Å². The number of carbonyl (C=O) groups excluding carboxylic acids is 6. The van der Waals surface area contributed by atoms with E-state index in [1.165, 1.54) is 27.7 Å². The van der Waals surface area contributed by atoms with E-state index in [-0.39, 0.29) is 43.9 Å². The Morgan fingerprint density at radius 1 is 0.636 bits per heavy atom. The number of nitrogens with one attached hydrogen (secondary N) is 5. The Hall–Kier alpha value is -3.02. The fraction of sp³-hybridized carbons (Fsp3) is 0.714. The summed E-state index contributed by atoms with van der Waals surface area (Å²) in [5.41, 5.74) is 0. The average Bonchev–Trinajstić information content (AvgIpc) is 2.69. The van der Waals surface area contributed by atoms with Crippen molar-refractivity contribution < 1.29 is 33.5 Å². The molecule has 12 heteroatoms. The molecule has 0 bridgehead atoms. The lowest BCUT2D eigenvalue weighted by Gasteiger charge is -2.20. The summed E-state index contributed by atoms with van der Waals surface area (Å²) in [4.78, 5) is 70.6. The third-order valence-electron chi connectivity index (χ3n) is 4.15. The minimum atomic E-state index is -0.962. The normalized spacial score (nSPS) is 13.3. The number of ether oxygens (including phenoxy) is 1. The Morgan fingerprint density at radius 3 is 1.64 bits per heavy atom. The second kappa shape index (κ2) is 15.7. The van der Waals surface area contributed by atoms with Crippen molar-refractivity contribution in [1.82, 2.24) is 26.6 Å². The Bertz CT molecular complexity index is 711. The van der Waals surface area contributed by atoms with Crippen molar-refractivity contribution in [2.75, 3.05) is 26.3 Å². The molecule has 0 saturated carbocycles. The molecule has 0 aliphatic heterocycles. The molecule has 0 rings (SSSR count). The van der Waals surface area contributed by atoms with Gasteiger partial charge in [-0.3, -0.25) is 28.8 Å². The van der Waals surface area contributed by atoms with Crippen molar-refractivity contribution in [2.24, 2.45) is 5.92 Å². The summed E-state index contributed by atoms with van der Waals surface area (Å²) >= 11 is 0. The highest BCUT2D eigenvalue weighted by molar-refractivity contribution is 5.93. The zero-order valence-corrected chi connectivity index (χ0v) is 20.2. The van der Waals surface area contributed by atoms with Crippen LogP contribution in [0.25, 0.3) is 0 Å². The molecule has 0 spiro atoms. The van der Waals surface area contributed by atoms with Crippen LogP contribution in [-0.2, 0) is 33.5 Å². The fourth-order valence-corrected chi connectivity index (χ4v) is 2.43. The van der Waals surface area contributed by atoms with Crippen LogP contribution in [0.4, 0.5) is 0 Å². The third-order valence-corrected chi connectivity index (χ3v) is 4.15. The first-order valence-corrected chi connectivity index (χ1v) is 10.8. The van der Waals surface area contributed by atoms with Crippen molar-refractivity contribution in [3.63, 3.8) is 0 Å². The molecule has 33 heavy (non-hydrogen) atoms. The minimum Gasteiger partial charge on any atom is -0.364 e. The van der Waals surface area contributed by atoms with Crippen molar-refractivity contribution in [3.8, 4) is 0 Å². The molecule has 0 fully saturated rings. The Morgan fingerprint density at radius 2 is 1.12 bits per heavy atom. The van der Waals surface area contributed by atoms with Crippen LogP contribution >= 0.6 is 0 Å². The van der Waals surface area contributed by atoms with Gasteiger partial charge in [0.15, 0.2) is 5.78 Å². The molecule has 0 aromatic carbocycles. The molecule has 0 aromatic rings. The summed E-state index contributed by atoms with van der Waals surface area (Å²) in [6, 6.07) is -2.77. The summed E-state index contributed by atoms with van der Waals surface area (Å²) in [6.07, 6.45) is 0.403. The monoisotopic (exact) mass is 471 g/mol. The summed E-state index contributed by atoms with van der Waals surface area (Å²) < 4.78 is 4.87. The van der Waals surface area contributed by atoms with E-state index in [1.807, 2.05) is 13.8 Å². The van der Waals surface area contributed by atoms with E-state index in [2.05, 4.69) is 26.6 Å². The summed E-state index contributed by atoms with van der Waals surface area (Å²) in [6.45, 7) is 9.44. The molecular formula is C21H37N5O7. The lowest BCUT2D eigenvalue weighted by atomic mass is 10.1. The highest BCUT2D eigenvalue weighted by Crippen LogP contribution is 1.97. The number of carbonyl (C=O) groups is 6. The van der Waals surface area contributed by atoms with Gasteiger partial charge in [-0.2, -0.15) is 0 Å². The van der Waals surface area contributed by atoms with Gasteiger partial charge in [0.1, 0.15) is 31.3 Å². The summed E-state index contributed by atoms with van der Waals surface area (Å²) in [5.74, 6) is -2.30. The molecule has 0 saturated heterocycles. The van der Waals surface area contributed by atoms with Gasteiger partial charge in [0, 0.05) is 19.5 Å². The second-order valence-corrected chi connectivity index (χ2v) is 8.18. The summed E-state index contributed by atoms with van der Waals surface area (Å²) in [5, 5.41) is 12.6. The zero-order valence-electron chi connectivity index (χ0n) is 20.2. The lowest BCUT2D eigenvalue weighted by molar-refractivity contribution is -0.134. The van der Waals surface area contributed by atoms with E-state index >= 15 is 0 Å². The van der Waals surface area contributed by atoms with Crippen LogP contribution in [0.1, 0.15) is 48.0 Å². The van der Waals surface area contributed by atoms with E-state index in [0.717, 1.165) is 0 Å². The maximum Gasteiger partial charge on any atom is 0.246 e. The van der Waals surface area contributed by atoms with Gasteiger partial charge in [-0.05, 0) is 33.6 Å². The smallest absolute Gasteiger partial charge is 0.246 e. The molecule has 3 unspecified atom stereocenters. The molecule has 12 nitrogen and oxygen atoms in total. The van der Waals surface area contributed by atoms with Crippen molar-refractivity contribution in [3.05, 3.63) is 0 Å². The van der Waals surface area contributed by atoms with Crippen LogP contribution in [0.5, 0.6) is 0 Å². The molecule has 3 atom stereocenters. The van der Waals surface area contributed by atoms with Crippen molar-refractivity contribution in [1.29, 1.82) is 0 Å². The minimum absolute atomic E-state index is 0.0980. The largest absolute Gasteiger partial charge is 0.364 e. The number of Topliss-reactive ketones (excluding diaryl/α,β-unsaturated/α-hetero) is 1. The van der Waals surface area contributed by atoms with Gasteiger partial charge >= 0.3 is 0 Å². The van der Waals surface area contributed by atoms with Crippen LogP contribution in [0.2, 0.25) is 0 Å². The van der Waals surface area contributed by atoms with Gasteiger partial charge < -0.3 is 31.3 Å². The molecule has 0 heterocycles. The van der Waals surface area contributed by atoms with Gasteiger partial charge in [0.05, 0.1) is 0 Å². The highest BCUT2D eigenvalue weighted by atomic mass is 16.5. The molecular weight excluding hydrogens is 434 g/mol. The predicted molar refractivity (Wildman–Crippen MR) is 120 cm³/mol. The number of rotatable bonds is 15. The first-order chi connectivity index (χ1) is 15.3. The van der Waals surface area contributed by atoms with E-state index in [0.29, 0.717) is 6.42 Å². The maximum atomic E-state index is 12.3. The molecule has 5 N–H and O–H groups in total. The van der Waals surface area contributed by atoms with Gasteiger partial charge in [0.25, 0.3) is 0 Å². The molecule has 0 radical (unpaired) electrons. The van der Waals surface area contributed by atoms with E-state index < -0.39 is 41.8 Å². The van der Waals surface area contributed by atoms with Crippen LogP contribution < -0.4 is 26.6 Å². The number of amides is 5. The molecule has 0 aliphatic carbocycles. The maximum absolute atomic E-state index is 12.3. The number of ketones is 1. The van der Waals surface area contributed by atoms with Gasteiger partial charge in [-0.15, -0.1) is 0 Å². The fourth-order valence-electron chi connectivity index (χ4n) is 2.43. The third kappa shape index (κ3) is 14.6. The topological polar surface area (TPSA) is 172 Å². The summed E-state index contributed by atoms with van der Waals surface area (Å²) in [7, 11) is 0. The number of hydrogen-bond donors (Lipinski definition) is 5. The lowest BCUT2D eigenvalue weighted by Crippen LogP contribution is -2.55. The average molecular weight is 472 g/mol. The van der Waals surface area contributed by atoms with Crippen LogP contribution in [0.15, 0.2) is 0 Å². The van der Waals surface area contributed by atoms with Gasteiger partial charge in [-0.1, -0.05) is 13.8 Å². The second-order valence-electron chi connectivity index (χ2n) is 8.18. The molecule has 0 aromatic heterocycles. The molecule has 188 valence electrons. The number of hydrogen-bond acceptors (Lipinski definition) is 7. The van der Waals surface area contributed by atoms with Crippen molar-refractivity contribution in [2.45, 2.75) is 66.1 Å². The first kappa shape index (κ1) is 30.0. The van der Waals surface area contributed by atoms with Crippen LogP contribution in [0, 0.1) is 5.92 Å². The Balaban J connectivity index is 4.29. The Kier molecular flexibility index (Phi) is 14.3. The van der Waals surface area contributed by atoms with Crippen LogP contribution in [-0.4, -0.2) is 79.7 Å². The molecule has 5 amide bonds. The van der Waals surface area contributed by atoms with Gasteiger partial charge in [0.2, 0.25) is 29.5 Å². The quantitative estimate of drug-likeness (QED) is 0.179. The first-order valence-electron chi connectivity index (χ1n) is 10.8. The zero-order chi connectivity index (χ0) is 25.6. The van der Waals surface area contributed by atoms with E-state index in [9.17, 15) is 28.8 Å². The Labute approximate surface area is 194 Å². The predicted octanol–water partition coefficient (Wildman–Crippen LogP) is -1.62. The van der Waals surface area contributed by atoms with E-state index in [4.69, 9.17) is 4.74 Å². The van der Waals surface area contributed by atoms with Crippen molar-refractivity contribution >= 4 is 35.3 Å². The SMILES string of the molecule is CC(=O)COCC(=O)NC(C)C(=O)NC(C)C(=O)NC(C)C(=O)NCCNC(=O)CC(C)C. The molecule has 0 aliphatic rings. The van der Waals surface area contributed by atoms with Crippen LogP contribution in [0.3, 0.4) is 0 Å². The standard InChI is InChI=1S/C21H37N5O7/c1-12(2)9-17(28)22-7-8-23-19(30)14(4)25-21(32)16(6)26-20(31)15(5)24-18(29)11-33-10-13(3)27/h12,14-16H,7-11H2,1-6H3,(H,22,28)(H,23,30)(H,24,29)(H,25,32)(H,26,31). The highest BCUT2D eigenvalue weighted by Gasteiger charge is 2.23. The van der Waals surface area contributed by atoms with E-state index in [1.54, 1.807) is 0 Å².